The third-order valence-electron chi connectivity index (χ3n) is 4.31. The highest BCUT2D eigenvalue weighted by atomic mass is 32.2. The average molecular weight is 430 g/mol. The first kappa shape index (κ1) is 21.1. The molecule has 0 saturated heterocycles. The van der Waals surface area contributed by atoms with Crippen LogP contribution in [0, 0.1) is 12.7 Å². The van der Waals surface area contributed by atoms with Crippen LogP contribution in [-0.2, 0) is 10.0 Å². The summed E-state index contributed by atoms with van der Waals surface area (Å²) in [5.74, 6) is -1.26. The standard InChI is InChI=1S/C21H19FN2O5S/c1-13-7-8-14(11-16(13)22)21(26)23-18-12-15(9-10-19(18)25)30(27,28)24-17-5-3-4-6-20(17)29-2/h3-12,24-25H,1-2H3,(H,23,26). The van der Waals surface area contributed by atoms with Gasteiger partial charge in [0, 0.05) is 5.56 Å². The number of halogens is 1. The SMILES string of the molecule is COc1ccccc1NS(=O)(=O)c1ccc(O)c(NC(=O)c2ccc(C)c(F)c2)c1. The molecule has 3 aromatic carbocycles. The molecule has 0 fully saturated rings. The minimum Gasteiger partial charge on any atom is -0.506 e. The van der Waals surface area contributed by atoms with E-state index in [0.29, 0.717) is 11.3 Å². The Kier molecular flexibility index (Phi) is 5.93. The number of methoxy groups -OCH3 is 1. The van der Waals surface area contributed by atoms with E-state index in [4.69, 9.17) is 4.74 Å². The first-order valence-electron chi connectivity index (χ1n) is 8.77. The molecule has 0 spiro atoms. The van der Waals surface area contributed by atoms with Gasteiger partial charge < -0.3 is 15.2 Å². The van der Waals surface area contributed by atoms with E-state index >= 15 is 0 Å². The summed E-state index contributed by atoms with van der Waals surface area (Å²) in [4.78, 5) is 12.2. The van der Waals surface area contributed by atoms with Gasteiger partial charge in [-0.15, -0.1) is 0 Å². The summed E-state index contributed by atoms with van der Waals surface area (Å²) in [6, 6.07) is 13.8. The largest absolute Gasteiger partial charge is 0.506 e. The van der Waals surface area contributed by atoms with Gasteiger partial charge in [-0.2, -0.15) is 0 Å². The summed E-state index contributed by atoms with van der Waals surface area (Å²) >= 11 is 0. The van der Waals surface area contributed by atoms with Crippen LogP contribution in [0.4, 0.5) is 15.8 Å². The fourth-order valence-electron chi connectivity index (χ4n) is 2.64. The molecular weight excluding hydrogens is 411 g/mol. The lowest BCUT2D eigenvalue weighted by Gasteiger charge is -2.13. The number of para-hydroxylation sites is 2. The summed E-state index contributed by atoms with van der Waals surface area (Å²) in [5, 5.41) is 12.4. The second-order valence-corrected chi connectivity index (χ2v) is 8.09. The molecule has 0 heterocycles. The number of benzene rings is 3. The molecule has 7 nitrogen and oxygen atoms in total. The number of amides is 1. The molecule has 0 bridgehead atoms. The van der Waals surface area contributed by atoms with E-state index in [1.54, 1.807) is 25.1 Å². The number of hydrogen-bond donors (Lipinski definition) is 3. The second kappa shape index (κ2) is 8.42. The van der Waals surface area contributed by atoms with Gasteiger partial charge in [0.25, 0.3) is 15.9 Å². The Morgan fingerprint density at radius 1 is 1.03 bits per heavy atom. The van der Waals surface area contributed by atoms with Crippen molar-refractivity contribution >= 4 is 27.3 Å². The van der Waals surface area contributed by atoms with Crippen molar-refractivity contribution in [3.05, 3.63) is 77.6 Å². The number of aryl methyl sites for hydroxylation is 1. The van der Waals surface area contributed by atoms with Crippen LogP contribution in [0.3, 0.4) is 0 Å². The van der Waals surface area contributed by atoms with Crippen molar-refractivity contribution in [3.8, 4) is 11.5 Å². The molecule has 156 valence electrons. The summed E-state index contributed by atoms with van der Waals surface area (Å²) in [7, 11) is -2.64. The molecule has 3 N–H and O–H groups in total. The second-order valence-electron chi connectivity index (χ2n) is 6.40. The van der Waals surface area contributed by atoms with Gasteiger partial charge in [-0.05, 0) is 55.0 Å². The van der Waals surface area contributed by atoms with Crippen LogP contribution < -0.4 is 14.8 Å². The van der Waals surface area contributed by atoms with Crippen molar-refractivity contribution in [1.29, 1.82) is 0 Å². The van der Waals surface area contributed by atoms with Crippen LogP contribution in [0.15, 0.2) is 65.6 Å². The van der Waals surface area contributed by atoms with E-state index < -0.39 is 21.7 Å². The first-order chi connectivity index (χ1) is 14.2. The van der Waals surface area contributed by atoms with Crippen LogP contribution in [-0.4, -0.2) is 26.5 Å². The maximum absolute atomic E-state index is 13.7. The number of nitrogens with one attached hydrogen (secondary N) is 2. The van der Waals surface area contributed by atoms with Gasteiger partial charge in [0.15, 0.2) is 0 Å². The van der Waals surface area contributed by atoms with Gasteiger partial charge in [-0.3, -0.25) is 9.52 Å². The third-order valence-corrected chi connectivity index (χ3v) is 5.68. The molecule has 0 saturated carbocycles. The number of rotatable bonds is 6. The molecule has 0 unspecified atom stereocenters. The monoisotopic (exact) mass is 430 g/mol. The Labute approximate surface area is 173 Å². The Hall–Kier alpha value is -3.59. The molecule has 9 heteroatoms. The number of ether oxygens (including phenoxy) is 1. The van der Waals surface area contributed by atoms with Crippen molar-refractivity contribution in [2.24, 2.45) is 0 Å². The van der Waals surface area contributed by atoms with Crippen LogP contribution in [0.1, 0.15) is 15.9 Å². The van der Waals surface area contributed by atoms with Crippen molar-refractivity contribution in [2.45, 2.75) is 11.8 Å². The first-order valence-corrected chi connectivity index (χ1v) is 10.3. The molecule has 1 amide bonds. The topological polar surface area (TPSA) is 105 Å². The number of carbonyl (C=O) groups excluding carboxylic acids is 1. The number of aromatic hydroxyl groups is 1. The van der Waals surface area contributed by atoms with Crippen molar-refractivity contribution < 1.29 is 27.4 Å². The fraction of sp³-hybridized carbons (Fsp3) is 0.0952. The van der Waals surface area contributed by atoms with E-state index in [1.807, 2.05) is 0 Å². The highest BCUT2D eigenvalue weighted by Gasteiger charge is 2.19. The lowest BCUT2D eigenvalue weighted by molar-refractivity contribution is 0.102. The Balaban J connectivity index is 1.88. The lowest BCUT2D eigenvalue weighted by atomic mass is 10.1. The predicted molar refractivity (Wildman–Crippen MR) is 111 cm³/mol. The van der Waals surface area contributed by atoms with Gasteiger partial charge in [-0.25, -0.2) is 12.8 Å². The van der Waals surface area contributed by atoms with Crippen LogP contribution in [0.5, 0.6) is 11.5 Å². The number of sulfonamides is 1. The minimum atomic E-state index is -4.05. The van der Waals surface area contributed by atoms with Crippen molar-refractivity contribution in [2.75, 3.05) is 17.1 Å². The molecule has 3 rings (SSSR count). The van der Waals surface area contributed by atoms with Crippen molar-refractivity contribution in [1.82, 2.24) is 0 Å². The van der Waals surface area contributed by atoms with Crippen LogP contribution in [0.2, 0.25) is 0 Å². The lowest BCUT2D eigenvalue weighted by Crippen LogP contribution is -2.16. The van der Waals surface area contributed by atoms with Gasteiger partial charge in [0.1, 0.15) is 17.3 Å². The number of phenolic OH excluding ortho intramolecular Hbond substituents is 1. The smallest absolute Gasteiger partial charge is 0.262 e. The summed E-state index contributed by atoms with van der Waals surface area (Å²) in [5.41, 5.74) is 0.500. The Morgan fingerprint density at radius 3 is 2.47 bits per heavy atom. The zero-order valence-corrected chi connectivity index (χ0v) is 17.0. The molecule has 0 aliphatic heterocycles. The number of hydrogen-bond acceptors (Lipinski definition) is 5. The molecule has 3 aromatic rings. The quantitative estimate of drug-likeness (QED) is 0.515. The Bertz CT molecular complexity index is 1210. The molecule has 0 atom stereocenters. The zero-order chi connectivity index (χ0) is 21.9. The highest BCUT2D eigenvalue weighted by Crippen LogP contribution is 2.30. The van der Waals surface area contributed by atoms with Gasteiger partial charge in [0.2, 0.25) is 0 Å². The van der Waals surface area contributed by atoms with E-state index in [0.717, 1.165) is 18.2 Å². The van der Waals surface area contributed by atoms with E-state index in [-0.39, 0.29) is 27.6 Å². The normalized spacial score (nSPS) is 11.0. The fourth-order valence-corrected chi connectivity index (χ4v) is 3.74. The molecule has 0 aliphatic rings. The highest BCUT2D eigenvalue weighted by molar-refractivity contribution is 7.92. The average Bonchev–Trinajstić information content (AvgIpc) is 2.71. The maximum Gasteiger partial charge on any atom is 0.262 e. The third kappa shape index (κ3) is 4.52. The van der Waals surface area contributed by atoms with Gasteiger partial charge >= 0.3 is 0 Å². The number of carbonyl (C=O) groups is 1. The van der Waals surface area contributed by atoms with Crippen LogP contribution >= 0.6 is 0 Å². The summed E-state index contributed by atoms with van der Waals surface area (Å²) in [6.07, 6.45) is 0. The number of phenols is 1. The number of anilines is 2. The van der Waals surface area contributed by atoms with E-state index in [9.17, 15) is 22.7 Å². The van der Waals surface area contributed by atoms with Crippen molar-refractivity contribution in [3.63, 3.8) is 0 Å². The summed E-state index contributed by atoms with van der Waals surface area (Å²) in [6.45, 7) is 1.56. The molecule has 0 aromatic heterocycles. The van der Waals surface area contributed by atoms with Gasteiger partial charge in [0.05, 0.1) is 23.4 Å². The minimum absolute atomic E-state index is 0.0258. The van der Waals surface area contributed by atoms with E-state index in [2.05, 4.69) is 10.0 Å². The van der Waals surface area contributed by atoms with E-state index in [1.165, 1.54) is 31.4 Å². The van der Waals surface area contributed by atoms with Gasteiger partial charge in [-0.1, -0.05) is 18.2 Å². The maximum atomic E-state index is 13.7. The molecule has 0 aliphatic carbocycles. The van der Waals surface area contributed by atoms with Crippen LogP contribution in [0.25, 0.3) is 0 Å². The predicted octanol–water partition coefficient (Wildman–Crippen LogP) is 3.90. The molecular formula is C21H19FN2O5S. The molecule has 0 radical (unpaired) electrons. The zero-order valence-electron chi connectivity index (χ0n) is 16.1. The Morgan fingerprint density at radius 2 is 1.77 bits per heavy atom. The molecule has 30 heavy (non-hydrogen) atoms. The summed E-state index contributed by atoms with van der Waals surface area (Å²) < 4.78 is 46.8.